The molecule has 5 rings (SSSR count). The molecule has 28 heavy (non-hydrogen) atoms. The lowest BCUT2D eigenvalue weighted by Crippen LogP contribution is -2.42. The first kappa shape index (κ1) is 17.3. The van der Waals surface area contributed by atoms with E-state index in [1.807, 2.05) is 30.5 Å². The van der Waals surface area contributed by atoms with Crippen molar-refractivity contribution in [3.05, 3.63) is 72.3 Å². The van der Waals surface area contributed by atoms with Crippen LogP contribution in [0.4, 0.5) is 0 Å². The predicted molar refractivity (Wildman–Crippen MR) is 102 cm³/mol. The first-order valence-electron chi connectivity index (χ1n) is 9.11. The maximum Gasteiger partial charge on any atom is 0.244 e. The minimum absolute atomic E-state index is 0.204. The summed E-state index contributed by atoms with van der Waals surface area (Å²) in [7, 11) is -3.75. The normalized spacial score (nSPS) is 19.2. The van der Waals surface area contributed by atoms with Crippen LogP contribution in [0.5, 0.6) is 11.5 Å². The molecule has 0 saturated carbocycles. The topological polar surface area (TPSA) is 73.7 Å². The van der Waals surface area contributed by atoms with Crippen LogP contribution in [-0.2, 0) is 16.6 Å². The number of nitrogens with zero attached hydrogens (tertiary/aromatic N) is 3. The summed E-state index contributed by atoms with van der Waals surface area (Å²) in [6, 6.07) is 12.0. The van der Waals surface area contributed by atoms with Crippen LogP contribution in [0, 0.1) is 0 Å². The first-order valence-corrected chi connectivity index (χ1v) is 10.5. The van der Waals surface area contributed by atoms with Crippen molar-refractivity contribution in [2.75, 3.05) is 19.8 Å². The monoisotopic (exact) mass is 397 g/mol. The first-order chi connectivity index (χ1) is 13.6. The molecule has 0 fully saturated rings. The molecule has 0 N–H and O–H groups in total. The third kappa shape index (κ3) is 2.76. The molecule has 3 aromatic rings. The van der Waals surface area contributed by atoms with Crippen molar-refractivity contribution < 1.29 is 17.9 Å². The highest BCUT2D eigenvalue weighted by atomic mass is 32.2. The molecule has 1 aromatic carbocycles. The molecule has 0 amide bonds. The van der Waals surface area contributed by atoms with Gasteiger partial charge in [-0.1, -0.05) is 0 Å². The zero-order valence-electron chi connectivity index (χ0n) is 15.1. The van der Waals surface area contributed by atoms with Crippen molar-refractivity contribution in [2.24, 2.45) is 0 Å². The lowest BCUT2D eigenvalue weighted by atomic mass is 10.0. The maximum atomic E-state index is 13.6. The Bertz CT molecular complexity index is 1110. The van der Waals surface area contributed by atoms with E-state index in [2.05, 4.69) is 9.55 Å². The Labute approximate surface area is 163 Å². The number of rotatable bonds is 3. The van der Waals surface area contributed by atoms with Gasteiger partial charge in [0.25, 0.3) is 0 Å². The number of aromatic nitrogens is 2. The van der Waals surface area contributed by atoms with Crippen molar-refractivity contribution >= 4 is 10.0 Å². The van der Waals surface area contributed by atoms with E-state index in [9.17, 15) is 8.42 Å². The van der Waals surface area contributed by atoms with Gasteiger partial charge in [-0.25, -0.2) is 8.42 Å². The number of fused-ring (bicyclic) bond motifs is 2. The van der Waals surface area contributed by atoms with E-state index >= 15 is 0 Å². The van der Waals surface area contributed by atoms with Crippen molar-refractivity contribution in [1.82, 2.24) is 13.9 Å². The molecule has 2 aliphatic heterocycles. The Morgan fingerprint density at radius 2 is 1.75 bits per heavy atom. The van der Waals surface area contributed by atoms with Crippen molar-refractivity contribution in [2.45, 2.75) is 17.5 Å². The quantitative estimate of drug-likeness (QED) is 0.679. The molecule has 0 saturated heterocycles. The van der Waals surface area contributed by atoms with Crippen LogP contribution in [-0.4, -0.2) is 42.0 Å². The summed E-state index contributed by atoms with van der Waals surface area (Å²) in [6.45, 7) is 1.86. The number of sulfonamides is 1. The molecule has 8 heteroatoms. The predicted octanol–water partition coefficient (Wildman–Crippen LogP) is 2.45. The number of pyridine rings is 1. The van der Waals surface area contributed by atoms with E-state index < -0.39 is 16.1 Å². The third-order valence-corrected chi connectivity index (χ3v) is 7.00. The molecule has 1 unspecified atom stereocenters. The van der Waals surface area contributed by atoms with Crippen LogP contribution >= 0.6 is 0 Å². The fraction of sp³-hybridized carbons (Fsp3) is 0.250. The van der Waals surface area contributed by atoms with E-state index in [0.717, 1.165) is 11.3 Å². The molecular formula is C20H19N3O4S. The lowest BCUT2D eigenvalue weighted by Gasteiger charge is -2.36. The second-order valence-corrected chi connectivity index (χ2v) is 8.62. The largest absolute Gasteiger partial charge is 0.486 e. The van der Waals surface area contributed by atoms with Gasteiger partial charge in [0.2, 0.25) is 10.0 Å². The Kier molecular flexibility index (Phi) is 4.10. The molecule has 0 aliphatic carbocycles. The van der Waals surface area contributed by atoms with E-state index in [4.69, 9.17) is 9.47 Å². The number of hydrogen-bond donors (Lipinski definition) is 0. The zero-order chi connectivity index (χ0) is 19.1. The molecule has 2 aromatic heterocycles. The van der Waals surface area contributed by atoms with Crippen LogP contribution in [0.1, 0.15) is 17.3 Å². The van der Waals surface area contributed by atoms with E-state index in [-0.39, 0.29) is 4.90 Å². The summed E-state index contributed by atoms with van der Waals surface area (Å²) in [5.41, 5.74) is 1.83. The minimum Gasteiger partial charge on any atom is -0.486 e. The Morgan fingerprint density at radius 3 is 2.57 bits per heavy atom. The summed E-state index contributed by atoms with van der Waals surface area (Å²) in [5, 5.41) is 0. The highest BCUT2D eigenvalue weighted by Gasteiger charge is 2.38. The van der Waals surface area contributed by atoms with Crippen molar-refractivity contribution in [1.29, 1.82) is 0 Å². The molecule has 0 radical (unpaired) electrons. The molecule has 7 nitrogen and oxygen atoms in total. The molecule has 4 heterocycles. The minimum atomic E-state index is -3.75. The second-order valence-electron chi connectivity index (χ2n) is 6.73. The zero-order valence-corrected chi connectivity index (χ0v) is 15.9. The third-order valence-electron chi connectivity index (χ3n) is 5.14. The molecule has 2 aliphatic rings. The highest BCUT2D eigenvalue weighted by Crippen LogP contribution is 2.38. The van der Waals surface area contributed by atoms with Gasteiger partial charge >= 0.3 is 0 Å². The van der Waals surface area contributed by atoms with E-state index in [0.29, 0.717) is 37.8 Å². The fourth-order valence-electron chi connectivity index (χ4n) is 3.82. The Hall–Kier alpha value is -2.84. The second kappa shape index (κ2) is 6.65. The molecule has 0 bridgehead atoms. The Morgan fingerprint density at radius 1 is 0.964 bits per heavy atom. The number of hydrogen-bond acceptors (Lipinski definition) is 5. The van der Waals surface area contributed by atoms with E-state index in [1.54, 1.807) is 34.9 Å². The lowest BCUT2D eigenvalue weighted by molar-refractivity contribution is 0.171. The number of ether oxygens (including phenoxy) is 2. The van der Waals surface area contributed by atoms with Crippen molar-refractivity contribution in [3.8, 4) is 11.5 Å². The van der Waals surface area contributed by atoms with Crippen LogP contribution in [0.3, 0.4) is 0 Å². The average Bonchev–Trinajstić information content (AvgIpc) is 3.22. The molecule has 1 atom stereocenters. The van der Waals surface area contributed by atoms with Crippen LogP contribution in [0.25, 0.3) is 0 Å². The van der Waals surface area contributed by atoms with Gasteiger partial charge in [0.05, 0.1) is 10.9 Å². The van der Waals surface area contributed by atoms with E-state index in [1.165, 1.54) is 0 Å². The Balaban J connectivity index is 1.60. The maximum absolute atomic E-state index is 13.6. The standard InChI is InChI=1S/C20H19N3O4S/c24-28(25,16-3-4-18-19(14-16)27-13-12-26-18)23-11-10-22-9-1-2-17(22)20(23)15-5-7-21-8-6-15/h1-9,14,20H,10-13H2. The van der Waals surface area contributed by atoms with Gasteiger partial charge in [-0.05, 0) is 42.0 Å². The summed E-state index contributed by atoms with van der Waals surface area (Å²) < 4.78 is 41.9. The van der Waals surface area contributed by atoms with Gasteiger partial charge < -0.3 is 14.0 Å². The average molecular weight is 397 g/mol. The van der Waals surface area contributed by atoms with Gasteiger partial charge in [-0.2, -0.15) is 4.31 Å². The van der Waals surface area contributed by atoms with Gasteiger partial charge in [0.15, 0.2) is 11.5 Å². The van der Waals surface area contributed by atoms with Crippen LogP contribution in [0.15, 0.2) is 66.0 Å². The summed E-state index contributed by atoms with van der Waals surface area (Å²) in [4.78, 5) is 4.28. The van der Waals surface area contributed by atoms with Gasteiger partial charge in [0, 0.05) is 43.4 Å². The van der Waals surface area contributed by atoms with Gasteiger partial charge in [0.1, 0.15) is 13.2 Å². The van der Waals surface area contributed by atoms with Crippen LogP contribution in [0.2, 0.25) is 0 Å². The number of benzene rings is 1. The van der Waals surface area contributed by atoms with Gasteiger partial charge in [-0.15, -0.1) is 0 Å². The fourth-order valence-corrected chi connectivity index (χ4v) is 5.42. The molecule has 0 spiro atoms. The highest BCUT2D eigenvalue weighted by molar-refractivity contribution is 7.89. The SMILES string of the molecule is O=S(=O)(c1ccc2c(c1)OCCO2)N1CCn2cccc2C1c1ccncc1. The summed E-state index contributed by atoms with van der Waals surface area (Å²) in [5.74, 6) is 1.04. The molecule has 144 valence electrons. The summed E-state index contributed by atoms with van der Waals surface area (Å²) in [6.07, 6.45) is 5.36. The van der Waals surface area contributed by atoms with Crippen molar-refractivity contribution in [3.63, 3.8) is 0 Å². The molecular weight excluding hydrogens is 378 g/mol. The summed E-state index contributed by atoms with van der Waals surface area (Å²) >= 11 is 0. The smallest absolute Gasteiger partial charge is 0.244 e. The van der Waals surface area contributed by atoms with Gasteiger partial charge in [-0.3, -0.25) is 4.98 Å². The van der Waals surface area contributed by atoms with Crippen LogP contribution < -0.4 is 9.47 Å².